The maximum atomic E-state index is 12.7. The predicted molar refractivity (Wildman–Crippen MR) is 129 cm³/mol. The third kappa shape index (κ3) is 7.12. The third-order valence-corrected chi connectivity index (χ3v) is 6.77. The lowest BCUT2D eigenvalue weighted by atomic mass is 10.2. The van der Waals surface area contributed by atoms with E-state index in [2.05, 4.69) is 25.8 Å². The summed E-state index contributed by atoms with van der Waals surface area (Å²) in [6.07, 6.45) is 0. The van der Waals surface area contributed by atoms with Gasteiger partial charge < -0.3 is 25.6 Å². The van der Waals surface area contributed by atoms with Crippen molar-refractivity contribution in [1.82, 2.24) is 20.6 Å². The summed E-state index contributed by atoms with van der Waals surface area (Å²) in [4.78, 5) is 33.9. The van der Waals surface area contributed by atoms with E-state index in [0.717, 1.165) is 0 Å². The van der Waals surface area contributed by atoms with E-state index in [1.165, 1.54) is 14.0 Å². The highest BCUT2D eigenvalue weighted by atomic mass is 32.2. The monoisotopic (exact) mass is 490 g/mol. The minimum Gasteiger partial charge on any atom is -0.377 e. The highest BCUT2D eigenvalue weighted by molar-refractivity contribution is 7.90. The minimum atomic E-state index is -3.52. The fourth-order valence-electron chi connectivity index (χ4n) is 3.48. The van der Waals surface area contributed by atoms with Crippen molar-refractivity contribution in [2.45, 2.75) is 25.6 Å². The molecule has 0 spiro atoms. The second kappa shape index (κ2) is 11.3. The Morgan fingerprint density at radius 2 is 1.94 bits per heavy atom. The Hall–Kier alpha value is -3.25. The Morgan fingerprint density at radius 3 is 2.59 bits per heavy atom. The van der Waals surface area contributed by atoms with Crippen LogP contribution in [0.15, 0.2) is 30.3 Å². The smallest absolute Gasteiger partial charge is 0.318 e. The van der Waals surface area contributed by atoms with Gasteiger partial charge in [0, 0.05) is 44.4 Å². The van der Waals surface area contributed by atoms with Crippen LogP contribution in [0.2, 0.25) is 0 Å². The minimum absolute atomic E-state index is 0.0444. The molecule has 3 rings (SSSR count). The van der Waals surface area contributed by atoms with E-state index in [9.17, 15) is 18.0 Å². The fraction of sp³-hybridized carbons (Fsp3) is 0.455. The van der Waals surface area contributed by atoms with Crippen molar-refractivity contribution in [1.29, 1.82) is 0 Å². The number of hydrogen-bond acceptors (Lipinski definition) is 8. The number of rotatable bonds is 8. The van der Waals surface area contributed by atoms with Crippen LogP contribution in [0.4, 0.5) is 16.3 Å². The van der Waals surface area contributed by atoms with E-state index in [0.29, 0.717) is 48.3 Å². The third-order valence-electron chi connectivity index (χ3n) is 5.21. The molecule has 0 aliphatic carbocycles. The highest BCUT2D eigenvalue weighted by Gasteiger charge is 2.23. The fourth-order valence-corrected chi connectivity index (χ4v) is 4.63. The molecule has 0 saturated carbocycles. The largest absolute Gasteiger partial charge is 0.377 e. The maximum absolute atomic E-state index is 12.7. The Labute approximate surface area is 199 Å². The number of carbonyl (C=O) groups excluding carboxylic acids is 2. The molecule has 0 bridgehead atoms. The van der Waals surface area contributed by atoms with Crippen LogP contribution in [-0.2, 0) is 25.1 Å². The van der Waals surface area contributed by atoms with Gasteiger partial charge in [0.2, 0.25) is 5.91 Å². The lowest BCUT2D eigenvalue weighted by Gasteiger charge is -2.34. The molecule has 2 heterocycles. The first-order valence-electron chi connectivity index (χ1n) is 10.9. The van der Waals surface area contributed by atoms with E-state index in [1.807, 2.05) is 6.92 Å². The molecule has 1 aliphatic rings. The van der Waals surface area contributed by atoms with Crippen LogP contribution >= 0.6 is 0 Å². The van der Waals surface area contributed by atoms with Gasteiger partial charge in [0.25, 0.3) is 0 Å². The van der Waals surface area contributed by atoms with Crippen molar-refractivity contribution in [2.24, 2.45) is 0 Å². The van der Waals surface area contributed by atoms with E-state index < -0.39 is 9.84 Å². The summed E-state index contributed by atoms with van der Waals surface area (Å²) in [7, 11) is -1.99. The number of nitrogens with one attached hydrogen (secondary N) is 3. The molecule has 1 aromatic carbocycles. The van der Waals surface area contributed by atoms with Crippen LogP contribution in [0.5, 0.6) is 0 Å². The molecule has 12 heteroatoms. The van der Waals surface area contributed by atoms with Gasteiger partial charge in [-0.05, 0) is 31.2 Å². The van der Waals surface area contributed by atoms with Crippen molar-refractivity contribution in [3.05, 3.63) is 36.0 Å². The maximum Gasteiger partial charge on any atom is 0.318 e. The number of amides is 3. The van der Waals surface area contributed by atoms with Crippen LogP contribution in [0.25, 0.3) is 11.4 Å². The first-order chi connectivity index (χ1) is 16.2. The molecule has 0 radical (unpaired) electrons. The van der Waals surface area contributed by atoms with Crippen LogP contribution in [0, 0.1) is 0 Å². The summed E-state index contributed by atoms with van der Waals surface area (Å²) < 4.78 is 30.9. The SMILES string of the molecule is CNC(=O)Nc1ccc(-c2nc(CS(=O)(=O)CCNC(C)=O)cc(N3CCOC[C@@H]3C)n2)cc1. The molecule has 1 fully saturated rings. The van der Waals surface area contributed by atoms with Crippen molar-refractivity contribution in [3.63, 3.8) is 0 Å². The quantitative estimate of drug-likeness (QED) is 0.501. The standard InChI is InChI=1S/C22H30N6O5S/c1-15-13-33-10-9-28(15)20-12-19(14-34(31,32)11-8-24-16(2)29)25-21(27-20)17-4-6-18(7-5-17)26-22(30)23-3/h4-7,12,15H,8-11,13-14H2,1-3H3,(H,24,29)(H2,23,26,30)/t15-/m0/s1. The van der Waals surface area contributed by atoms with E-state index in [4.69, 9.17) is 9.72 Å². The first-order valence-corrected chi connectivity index (χ1v) is 12.8. The molecule has 34 heavy (non-hydrogen) atoms. The lowest BCUT2D eigenvalue weighted by Crippen LogP contribution is -2.44. The number of morpholine rings is 1. The molecule has 184 valence electrons. The molecule has 3 N–H and O–H groups in total. The number of hydrogen-bond donors (Lipinski definition) is 3. The normalized spacial score (nSPS) is 16.1. The second-order valence-corrected chi connectivity index (χ2v) is 10.2. The number of carbonyl (C=O) groups is 2. The van der Waals surface area contributed by atoms with E-state index in [1.54, 1.807) is 30.3 Å². The van der Waals surface area contributed by atoms with Crippen molar-refractivity contribution in [2.75, 3.05) is 49.3 Å². The summed E-state index contributed by atoms with van der Waals surface area (Å²) in [6, 6.07) is 8.41. The van der Waals surface area contributed by atoms with Gasteiger partial charge in [-0.15, -0.1) is 0 Å². The molecule has 2 aromatic rings. The van der Waals surface area contributed by atoms with Gasteiger partial charge in [-0.3, -0.25) is 4.79 Å². The van der Waals surface area contributed by atoms with Crippen molar-refractivity contribution >= 4 is 33.3 Å². The number of urea groups is 1. The molecule has 1 atom stereocenters. The predicted octanol–water partition coefficient (Wildman–Crippen LogP) is 1.17. The Bertz CT molecular complexity index is 1120. The number of aromatic nitrogens is 2. The van der Waals surface area contributed by atoms with Gasteiger partial charge in [-0.25, -0.2) is 23.2 Å². The summed E-state index contributed by atoms with van der Waals surface area (Å²) in [5, 5.41) is 7.68. The van der Waals surface area contributed by atoms with E-state index >= 15 is 0 Å². The molecular weight excluding hydrogens is 460 g/mol. The summed E-state index contributed by atoms with van der Waals surface area (Å²) in [5.74, 6) is 0.270. The zero-order valence-corrected chi connectivity index (χ0v) is 20.3. The van der Waals surface area contributed by atoms with Gasteiger partial charge in [-0.2, -0.15) is 0 Å². The van der Waals surface area contributed by atoms with Crippen LogP contribution in [0.3, 0.4) is 0 Å². The summed E-state index contributed by atoms with van der Waals surface area (Å²) in [6.45, 7) is 5.13. The van der Waals surface area contributed by atoms with Crippen molar-refractivity contribution in [3.8, 4) is 11.4 Å². The van der Waals surface area contributed by atoms with Crippen LogP contribution < -0.4 is 20.9 Å². The molecule has 3 amide bonds. The molecule has 1 aliphatic heterocycles. The van der Waals surface area contributed by atoms with Gasteiger partial charge in [0.15, 0.2) is 15.7 Å². The second-order valence-electron chi connectivity index (χ2n) is 8.01. The van der Waals surface area contributed by atoms with Crippen molar-refractivity contribution < 1.29 is 22.7 Å². The number of anilines is 2. The van der Waals surface area contributed by atoms with Gasteiger partial charge >= 0.3 is 6.03 Å². The Kier molecular flexibility index (Phi) is 8.40. The van der Waals surface area contributed by atoms with Gasteiger partial charge in [0.05, 0.1) is 36.5 Å². The highest BCUT2D eigenvalue weighted by Crippen LogP contribution is 2.25. The molecule has 11 nitrogen and oxygen atoms in total. The average molecular weight is 491 g/mol. The average Bonchev–Trinajstić information content (AvgIpc) is 2.78. The van der Waals surface area contributed by atoms with E-state index in [-0.39, 0.29) is 36.0 Å². The zero-order chi connectivity index (χ0) is 24.7. The number of sulfone groups is 1. The first kappa shape index (κ1) is 25.4. The summed E-state index contributed by atoms with van der Waals surface area (Å²) in [5.41, 5.74) is 1.65. The van der Waals surface area contributed by atoms with Crippen LogP contribution in [0.1, 0.15) is 19.5 Å². The van der Waals surface area contributed by atoms with Gasteiger partial charge in [-0.1, -0.05) is 0 Å². The van der Waals surface area contributed by atoms with Crippen LogP contribution in [-0.4, -0.2) is 75.5 Å². The number of benzene rings is 1. The number of ether oxygens (including phenoxy) is 1. The van der Waals surface area contributed by atoms with Gasteiger partial charge in [0.1, 0.15) is 5.82 Å². The summed E-state index contributed by atoms with van der Waals surface area (Å²) >= 11 is 0. The molecule has 0 unspecified atom stereocenters. The molecular formula is C22H30N6O5S. The number of nitrogens with zero attached hydrogens (tertiary/aromatic N) is 3. The Balaban J connectivity index is 1.91. The zero-order valence-electron chi connectivity index (χ0n) is 19.5. The molecule has 1 aromatic heterocycles. The molecule has 1 saturated heterocycles. The lowest BCUT2D eigenvalue weighted by molar-refractivity contribution is -0.118. The topological polar surface area (TPSA) is 143 Å². The Morgan fingerprint density at radius 1 is 1.21 bits per heavy atom.